The number of hydrogen-bond acceptors (Lipinski definition) is 3. The van der Waals surface area contributed by atoms with Crippen LogP contribution in [0.4, 0.5) is 5.69 Å². The maximum atomic E-state index is 13.0. The quantitative estimate of drug-likeness (QED) is 0.691. The number of amides is 1. The molecule has 0 aliphatic rings. The molecule has 0 aliphatic heterocycles. The fourth-order valence-electron chi connectivity index (χ4n) is 3.24. The van der Waals surface area contributed by atoms with Gasteiger partial charge in [-0.25, -0.2) is 4.68 Å². The van der Waals surface area contributed by atoms with E-state index in [1.807, 2.05) is 76.2 Å². The van der Waals surface area contributed by atoms with Crippen LogP contribution in [0.1, 0.15) is 30.2 Å². The minimum absolute atomic E-state index is 0.268. The van der Waals surface area contributed by atoms with Gasteiger partial charge in [-0.2, -0.15) is 0 Å². The molecule has 6 nitrogen and oxygen atoms in total. The van der Waals surface area contributed by atoms with Gasteiger partial charge in [0.15, 0.2) is 6.10 Å². The maximum Gasteiger partial charge on any atom is 0.295 e. The van der Waals surface area contributed by atoms with Crippen molar-refractivity contribution in [2.75, 3.05) is 5.32 Å². The van der Waals surface area contributed by atoms with Crippen LogP contribution in [-0.2, 0) is 11.8 Å². The van der Waals surface area contributed by atoms with Gasteiger partial charge in [0.25, 0.3) is 11.5 Å². The molecule has 1 heterocycles. The molecule has 3 rings (SSSR count). The first-order valence-corrected chi connectivity index (χ1v) is 9.72. The van der Waals surface area contributed by atoms with E-state index in [0.717, 1.165) is 16.8 Å². The van der Waals surface area contributed by atoms with E-state index < -0.39 is 6.10 Å². The molecule has 152 valence electrons. The number of carbonyl (C=O) groups is 1. The van der Waals surface area contributed by atoms with Crippen molar-refractivity contribution in [3.63, 3.8) is 0 Å². The van der Waals surface area contributed by atoms with Gasteiger partial charge < -0.3 is 10.1 Å². The average molecular weight is 393 g/mol. The van der Waals surface area contributed by atoms with Crippen LogP contribution < -0.4 is 15.6 Å². The van der Waals surface area contributed by atoms with E-state index in [0.29, 0.717) is 17.9 Å². The number of nitrogens with one attached hydrogen (secondary N) is 1. The number of carbonyl (C=O) groups excluding carboxylic acids is 1. The number of para-hydroxylation sites is 1. The normalized spacial score (nSPS) is 11.9. The zero-order chi connectivity index (χ0) is 21.1. The van der Waals surface area contributed by atoms with Gasteiger partial charge in [0, 0.05) is 7.05 Å². The molecule has 2 aromatic carbocycles. The standard InChI is InChI=1S/C23H27N3O3/c1-6-19(29-20-14-10-11-15(2)16(20)3)22(27)24-21-17(4)25(5)26(23(21)28)18-12-8-7-9-13-18/h7-14,19H,6H2,1-5H3,(H,24,27). The Hall–Kier alpha value is -3.28. The highest BCUT2D eigenvalue weighted by Crippen LogP contribution is 2.23. The Morgan fingerprint density at radius 1 is 1.07 bits per heavy atom. The molecule has 0 bridgehead atoms. The summed E-state index contributed by atoms with van der Waals surface area (Å²) < 4.78 is 9.26. The van der Waals surface area contributed by atoms with Gasteiger partial charge in [-0.05, 0) is 56.5 Å². The van der Waals surface area contributed by atoms with Crippen molar-refractivity contribution in [2.45, 2.75) is 40.2 Å². The Kier molecular flexibility index (Phi) is 5.92. The predicted octanol–water partition coefficient (Wildman–Crippen LogP) is 3.90. The summed E-state index contributed by atoms with van der Waals surface area (Å²) in [4.78, 5) is 25.9. The summed E-state index contributed by atoms with van der Waals surface area (Å²) in [6.07, 6.45) is -0.211. The molecule has 1 amide bonds. The van der Waals surface area contributed by atoms with E-state index in [9.17, 15) is 9.59 Å². The first-order valence-electron chi connectivity index (χ1n) is 9.72. The van der Waals surface area contributed by atoms with Crippen LogP contribution in [0.2, 0.25) is 0 Å². The molecule has 1 N–H and O–H groups in total. The number of benzene rings is 2. The first kappa shape index (κ1) is 20.5. The number of ether oxygens (including phenoxy) is 1. The van der Waals surface area contributed by atoms with Crippen LogP contribution in [0.5, 0.6) is 5.75 Å². The summed E-state index contributed by atoms with van der Waals surface area (Å²) in [5.74, 6) is 0.345. The van der Waals surface area contributed by atoms with Crippen LogP contribution in [0.15, 0.2) is 53.3 Å². The third-order valence-electron chi connectivity index (χ3n) is 5.29. The Bertz CT molecular complexity index is 1080. The molecule has 3 aromatic rings. The van der Waals surface area contributed by atoms with Gasteiger partial charge in [-0.1, -0.05) is 37.3 Å². The number of hydrogen-bond donors (Lipinski definition) is 1. The highest BCUT2D eigenvalue weighted by Gasteiger charge is 2.24. The van der Waals surface area contributed by atoms with Crippen LogP contribution in [-0.4, -0.2) is 21.4 Å². The number of aromatic nitrogens is 2. The lowest BCUT2D eigenvalue weighted by Crippen LogP contribution is -2.34. The van der Waals surface area contributed by atoms with Gasteiger partial charge >= 0.3 is 0 Å². The second-order valence-corrected chi connectivity index (χ2v) is 7.14. The van der Waals surface area contributed by atoms with Gasteiger partial charge in [-0.15, -0.1) is 0 Å². The maximum absolute atomic E-state index is 13.0. The number of rotatable bonds is 6. The predicted molar refractivity (Wildman–Crippen MR) is 115 cm³/mol. The minimum Gasteiger partial charge on any atom is -0.480 e. The summed E-state index contributed by atoms with van der Waals surface area (Å²) in [5.41, 5.74) is 3.51. The van der Waals surface area contributed by atoms with Crippen LogP contribution >= 0.6 is 0 Å². The summed E-state index contributed by atoms with van der Waals surface area (Å²) in [5, 5.41) is 2.80. The van der Waals surface area contributed by atoms with Crippen LogP contribution in [0.25, 0.3) is 5.69 Å². The SMILES string of the molecule is CCC(Oc1cccc(C)c1C)C(=O)Nc1c(C)n(C)n(-c2ccccc2)c1=O. The monoisotopic (exact) mass is 393 g/mol. The first-order chi connectivity index (χ1) is 13.8. The van der Waals surface area contributed by atoms with E-state index in [2.05, 4.69) is 5.32 Å². The Morgan fingerprint density at radius 3 is 2.41 bits per heavy atom. The number of aryl methyl sites for hydroxylation is 1. The molecule has 0 saturated carbocycles. The molecular weight excluding hydrogens is 366 g/mol. The van der Waals surface area contributed by atoms with E-state index >= 15 is 0 Å². The Morgan fingerprint density at radius 2 is 1.76 bits per heavy atom. The third-order valence-corrected chi connectivity index (χ3v) is 5.29. The van der Waals surface area contributed by atoms with Crippen molar-refractivity contribution >= 4 is 11.6 Å². The summed E-state index contributed by atoms with van der Waals surface area (Å²) in [6, 6.07) is 15.1. The lowest BCUT2D eigenvalue weighted by atomic mass is 10.1. The van der Waals surface area contributed by atoms with Crippen molar-refractivity contribution in [1.29, 1.82) is 0 Å². The number of nitrogens with zero attached hydrogens (tertiary/aromatic N) is 2. The smallest absolute Gasteiger partial charge is 0.295 e. The van der Waals surface area contributed by atoms with Gasteiger partial charge in [0.1, 0.15) is 11.4 Å². The zero-order valence-electron chi connectivity index (χ0n) is 17.5. The van der Waals surface area contributed by atoms with Crippen LogP contribution in [0, 0.1) is 20.8 Å². The second-order valence-electron chi connectivity index (χ2n) is 7.14. The van der Waals surface area contributed by atoms with Crippen LogP contribution in [0.3, 0.4) is 0 Å². The molecule has 0 saturated heterocycles. The minimum atomic E-state index is -0.695. The largest absolute Gasteiger partial charge is 0.480 e. The van der Waals surface area contributed by atoms with Crippen molar-refractivity contribution in [3.8, 4) is 11.4 Å². The zero-order valence-corrected chi connectivity index (χ0v) is 17.5. The molecule has 1 atom stereocenters. The van der Waals surface area contributed by atoms with Crippen molar-refractivity contribution < 1.29 is 9.53 Å². The van der Waals surface area contributed by atoms with Gasteiger partial charge in [0.2, 0.25) is 0 Å². The molecule has 6 heteroatoms. The lowest BCUT2D eigenvalue weighted by molar-refractivity contribution is -0.122. The van der Waals surface area contributed by atoms with E-state index in [1.165, 1.54) is 4.68 Å². The molecular formula is C23H27N3O3. The second kappa shape index (κ2) is 8.39. The summed E-state index contributed by atoms with van der Waals surface area (Å²) >= 11 is 0. The summed E-state index contributed by atoms with van der Waals surface area (Å²) in [6.45, 7) is 7.66. The van der Waals surface area contributed by atoms with Crippen molar-refractivity contribution in [2.24, 2.45) is 7.05 Å². The Labute approximate surface area is 170 Å². The van der Waals surface area contributed by atoms with E-state index in [-0.39, 0.29) is 17.2 Å². The molecule has 1 unspecified atom stereocenters. The molecule has 29 heavy (non-hydrogen) atoms. The third kappa shape index (κ3) is 3.97. The number of anilines is 1. The van der Waals surface area contributed by atoms with Crippen molar-refractivity contribution in [3.05, 3.63) is 75.7 Å². The van der Waals surface area contributed by atoms with E-state index in [1.54, 1.807) is 11.7 Å². The van der Waals surface area contributed by atoms with Crippen molar-refractivity contribution in [1.82, 2.24) is 9.36 Å². The molecule has 0 fully saturated rings. The van der Waals surface area contributed by atoms with Gasteiger partial charge in [0.05, 0.1) is 11.4 Å². The van der Waals surface area contributed by atoms with E-state index in [4.69, 9.17) is 4.74 Å². The average Bonchev–Trinajstić information content (AvgIpc) is 2.93. The summed E-state index contributed by atoms with van der Waals surface area (Å²) in [7, 11) is 1.79. The molecule has 0 spiro atoms. The fraction of sp³-hybridized carbons (Fsp3) is 0.304. The Balaban J connectivity index is 1.88. The van der Waals surface area contributed by atoms with Gasteiger partial charge in [-0.3, -0.25) is 14.3 Å². The lowest BCUT2D eigenvalue weighted by Gasteiger charge is -2.19. The molecule has 0 aliphatic carbocycles. The fourth-order valence-corrected chi connectivity index (χ4v) is 3.24. The highest BCUT2D eigenvalue weighted by molar-refractivity contribution is 5.94. The topological polar surface area (TPSA) is 65.3 Å². The molecule has 1 aromatic heterocycles. The highest BCUT2D eigenvalue weighted by atomic mass is 16.5. The molecule has 0 radical (unpaired) electrons.